The standard InChI is InChI=1S/C29H41N3O5S/c1-36-6-2-5-28-11-17-7-23(28)21(12-28)16-32(15-17)38(34,35)29-13-19-8-22(9-20(14-29)26(19)29)30-27(33)24-10-25(37-31-24)18-3-4-18/h10,17-23,26H,2-9,11-16H2,1H3,(H,30,33)/t17?,19-,20+,21?,22?,23?,26?,28?,29?. The third-order valence-corrected chi connectivity index (χ3v) is 14.8. The maximum Gasteiger partial charge on any atom is 0.273 e. The summed E-state index contributed by atoms with van der Waals surface area (Å²) in [6.07, 6.45) is 11.6. The van der Waals surface area contributed by atoms with Crippen molar-refractivity contribution in [3.8, 4) is 0 Å². The summed E-state index contributed by atoms with van der Waals surface area (Å²) in [7, 11) is -1.52. The fraction of sp³-hybridized carbons (Fsp3) is 0.862. The number of ether oxygens (including phenoxy) is 1. The van der Waals surface area contributed by atoms with E-state index in [0.29, 0.717) is 40.7 Å². The van der Waals surface area contributed by atoms with Gasteiger partial charge in [-0.3, -0.25) is 4.79 Å². The van der Waals surface area contributed by atoms with Gasteiger partial charge in [0.25, 0.3) is 5.91 Å². The van der Waals surface area contributed by atoms with E-state index in [1.807, 2.05) is 4.31 Å². The monoisotopic (exact) mass is 543 g/mol. The molecular weight excluding hydrogens is 502 g/mol. The number of fused-ring (bicyclic) bond motifs is 1. The molecule has 9 atom stereocenters. The molecule has 9 heteroatoms. The van der Waals surface area contributed by atoms with Gasteiger partial charge >= 0.3 is 0 Å². The number of amides is 1. The molecule has 7 fully saturated rings. The Bertz CT molecular complexity index is 1220. The maximum absolute atomic E-state index is 14.2. The molecule has 7 aliphatic rings. The molecule has 6 aliphatic carbocycles. The summed E-state index contributed by atoms with van der Waals surface area (Å²) in [5.74, 6) is 3.99. The predicted molar refractivity (Wildman–Crippen MR) is 140 cm³/mol. The molecule has 1 aromatic rings. The van der Waals surface area contributed by atoms with Crippen LogP contribution in [0.5, 0.6) is 0 Å². The largest absolute Gasteiger partial charge is 0.385 e. The van der Waals surface area contributed by atoms with Crippen molar-refractivity contribution in [1.29, 1.82) is 0 Å². The van der Waals surface area contributed by atoms with E-state index >= 15 is 0 Å². The van der Waals surface area contributed by atoms with Crippen molar-refractivity contribution in [1.82, 2.24) is 14.8 Å². The molecule has 2 bridgehead atoms. The van der Waals surface area contributed by atoms with Gasteiger partial charge < -0.3 is 14.6 Å². The topological polar surface area (TPSA) is 102 Å². The highest BCUT2D eigenvalue weighted by Crippen LogP contribution is 2.71. The minimum atomic E-state index is -3.30. The van der Waals surface area contributed by atoms with Crippen LogP contribution in [0.2, 0.25) is 0 Å². The Hall–Kier alpha value is -1.45. The number of rotatable bonds is 9. The van der Waals surface area contributed by atoms with Gasteiger partial charge in [-0.05, 0) is 112 Å². The lowest BCUT2D eigenvalue weighted by Gasteiger charge is -2.70. The van der Waals surface area contributed by atoms with Gasteiger partial charge in [0, 0.05) is 44.8 Å². The van der Waals surface area contributed by atoms with Crippen LogP contribution < -0.4 is 5.32 Å². The summed E-state index contributed by atoms with van der Waals surface area (Å²) in [6.45, 7) is 2.33. The number of nitrogens with one attached hydrogen (secondary N) is 1. The summed E-state index contributed by atoms with van der Waals surface area (Å²) in [6, 6.07) is 1.90. The average Bonchev–Trinajstić information content (AvgIpc) is 3.52. The molecule has 1 saturated heterocycles. The molecular formula is C29H41N3O5S. The second-order valence-electron chi connectivity index (χ2n) is 14.2. The first kappa shape index (κ1) is 24.4. The number of carbonyl (C=O) groups is 1. The summed E-state index contributed by atoms with van der Waals surface area (Å²) < 4.78 is 40.5. The first-order valence-electron chi connectivity index (χ1n) is 15.1. The smallest absolute Gasteiger partial charge is 0.273 e. The Morgan fingerprint density at radius 2 is 1.92 bits per heavy atom. The van der Waals surface area contributed by atoms with Crippen LogP contribution in [0.15, 0.2) is 10.6 Å². The van der Waals surface area contributed by atoms with Gasteiger partial charge in [-0.2, -0.15) is 0 Å². The van der Waals surface area contributed by atoms with Crippen LogP contribution in [-0.4, -0.2) is 61.4 Å². The van der Waals surface area contributed by atoms with E-state index in [4.69, 9.17) is 9.26 Å². The van der Waals surface area contributed by atoms with E-state index in [9.17, 15) is 13.2 Å². The molecule has 8 nitrogen and oxygen atoms in total. The SMILES string of the molecule is COCCCC12CC3CC1C(CN(S(=O)(=O)C14C[C@H]5CC(NC(=O)c6cc(C7CC7)on6)C[C@@H](C1)C54)C3)C2. The number of nitrogens with zero attached hydrogens (tertiary/aromatic N) is 2. The normalized spacial score (nSPS) is 44.8. The van der Waals surface area contributed by atoms with Gasteiger partial charge in [-0.25, -0.2) is 12.7 Å². The number of hydrogen-bond acceptors (Lipinski definition) is 6. The Labute approximate surface area is 225 Å². The number of carbonyl (C=O) groups excluding carboxylic acids is 1. The number of aromatic nitrogens is 1. The van der Waals surface area contributed by atoms with E-state index in [2.05, 4.69) is 10.5 Å². The second kappa shape index (κ2) is 8.29. The lowest BCUT2D eigenvalue weighted by Crippen LogP contribution is -2.75. The van der Waals surface area contributed by atoms with Gasteiger partial charge in [-0.15, -0.1) is 0 Å². The molecule has 7 unspecified atom stereocenters. The molecule has 8 rings (SSSR count). The first-order chi connectivity index (χ1) is 18.3. The summed E-state index contributed by atoms with van der Waals surface area (Å²) >= 11 is 0. The van der Waals surface area contributed by atoms with Crippen molar-refractivity contribution in [2.24, 2.45) is 40.9 Å². The zero-order chi connectivity index (χ0) is 25.9. The van der Waals surface area contributed by atoms with Crippen molar-refractivity contribution in [3.05, 3.63) is 17.5 Å². The number of sulfonamides is 1. The minimum Gasteiger partial charge on any atom is -0.385 e. The number of hydrogen-bond donors (Lipinski definition) is 1. The van der Waals surface area contributed by atoms with E-state index in [1.165, 1.54) is 25.7 Å². The molecule has 0 aromatic carbocycles. The molecule has 2 heterocycles. The van der Waals surface area contributed by atoms with E-state index < -0.39 is 14.8 Å². The molecule has 1 N–H and O–H groups in total. The quantitative estimate of drug-likeness (QED) is 0.474. The third kappa shape index (κ3) is 3.36. The average molecular weight is 544 g/mol. The lowest BCUT2D eigenvalue weighted by molar-refractivity contribution is -0.109. The highest BCUT2D eigenvalue weighted by Gasteiger charge is 2.74. The molecule has 1 amide bonds. The van der Waals surface area contributed by atoms with Crippen LogP contribution in [0.1, 0.15) is 92.8 Å². The first-order valence-corrected chi connectivity index (χ1v) is 16.5. The van der Waals surface area contributed by atoms with Crippen molar-refractivity contribution < 1.29 is 22.5 Å². The molecule has 1 aliphatic heterocycles. The van der Waals surface area contributed by atoms with Crippen LogP contribution in [0.3, 0.4) is 0 Å². The minimum absolute atomic E-state index is 0.103. The Morgan fingerprint density at radius 3 is 2.66 bits per heavy atom. The Morgan fingerprint density at radius 1 is 1.13 bits per heavy atom. The fourth-order valence-electron chi connectivity index (χ4n) is 10.6. The van der Waals surface area contributed by atoms with E-state index in [1.54, 1.807) is 13.2 Å². The third-order valence-electron chi connectivity index (χ3n) is 12.2. The van der Waals surface area contributed by atoms with Crippen molar-refractivity contribution in [2.45, 2.75) is 87.3 Å². The molecule has 0 spiro atoms. The molecule has 0 radical (unpaired) electrons. The molecule has 38 heavy (non-hydrogen) atoms. The van der Waals surface area contributed by atoms with Crippen LogP contribution in [0.25, 0.3) is 0 Å². The van der Waals surface area contributed by atoms with Crippen LogP contribution in [0, 0.1) is 40.9 Å². The second-order valence-corrected chi connectivity index (χ2v) is 16.5. The fourth-order valence-corrected chi connectivity index (χ4v) is 13.5. The van der Waals surface area contributed by atoms with Crippen molar-refractivity contribution in [2.75, 3.05) is 26.8 Å². The molecule has 208 valence electrons. The molecule has 1 aromatic heterocycles. The molecule has 6 saturated carbocycles. The zero-order valence-electron chi connectivity index (χ0n) is 22.4. The van der Waals surface area contributed by atoms with Crippen LogP contribution in [0.4, 0.5) is 0 Å². The summed E-state index contributed by atoms with van der Waals surface area (Å²) in [4.78, 5) is 12.8. The van der Waals surface area contributed by atoms with E-state index in [-0.39, 0.29) is 17.9 Å². The van der Waals surface area contributed by atoms with Crippen molar-refractivity contribution in [3.63, 3.8) is 0 Å². The van der Waals surface area contributed by atoms with Gasteiger partial charge in [0.15, 0.2) is 5.69 Å². The predicted octanol–water partition coefficient (Wildman–Crippen LogP) is 3.94. The highest BCUT2D eigenvalue weighted by molar-refractivity contribution is 7.90. The van der Waals surface area contributed by atoms with Gasteiger partial charge in [0.1, 0.15) is 5.76 Å². The van der Waals surface area contributed by atoms with Gasteiger partial charge in [0.2, 0.25) is 10.0 Å². The Kier molecular flexibility index (Phi) is 5.31. The summed E-state index contributed by atoms with van der Waals surface area (Å²) in [5.41, 5.74) is 0.849. The van der Waals surface area contributed by atoms with Gasteiger partial charge in [0.05, 0.1) is 4.75 Å². The van der Waals surface area contributed by atoms with Crippen LogP contribution in [-0.2, 0) is 14.8 Å². The van der Waals surface area contributed by atoms with Crippen LogP contribution >= 0.6 is 0 Å². The van der Waals surface area contributed by atoms with Crippen molar-refractivity contribution >= 4 is 15.9 Å². The van der Waals surface area contributed by atoms with E-state index in [0.717, 1.165) is 76.3 Å². The number of methoxy groups -OCH3 is 1. The lowest BCUT2D eigenvalue weighted by atomic mass is 9.42. The summed E-state index contributed by atoms with van der Waals surface area (Å²) in [5, 5.41) is 7.19. The Balaban J connectivity index is 0.904. The van der Waals surface area contributed by atoms with Gasteiger partial charge in [-0.1, -0.05) is 5.16 Å². The maximum atomic E-state index is 14.2. The highest BCUT2D eigenvalue weighted by atomic mass is 32.2. The zero-order valence-corrected chi connectivity index (χ0v) is 23.3.